The Bertz CT molecular complexity index is 453. The SMILES string of the molecule is C#CCOCC(C)Oc1ccccc1OC(=O)NC. The van der Waals surface area contributed by atoms with E-state index >= 15 is 0 Å². The number of para-hydroxylation sites is 2. The maximum absolute atomic E-state index is 11.2. The van der Waals surface area contributed by atoms with Gasteiger partial charge >= 0.3 is 6.09 Å². The molecule has 1 rings (SSSR count). The molecule has 0 saturated carbocycles. The number of amides is 1. The van der Waals surface area contributed by atoms with Gasteiger partial charge in [-0.1, -0.05) is 18.1 Å². The highest BCUT2D eigenvalue weighted by atomic mass is 16.6. The fraction of sp³-hybridized carbons (Fsp3) is 0.357. The molecule has 0 heterocycles. The second-order valence-corrected chi connectivity index (χ2v) is 3.73. The second kappa shape index (κ2) is 8.01. The van der Waals surface area contributed by atoms with Crippen molar-refractivity contribution in [2.45, 2.75) is 13.0 Å². The molecule has 0 fully saturated rings. The van der Waals surface area contributed by atoms with Gasteiger partial charge in [-0.15, -0.1) is 6.42 Å². The van der Waals surface area contributed by atoms with Crippen LogP contribution in [0.2, 0.25) is 0 Å². The molecule has 5 nitrogen and oxygen atoms in total. The molecule has 19 heavy (non-hydrogen) atoms. The Morgan fingerprint density at radius 1 is 1.42 bits per heavy atom. The van der Waals surface area contributed by atoms with Crippen LogP contribution in [0.1, 0.15) is 6.92 Å². The predicted molar refractivity (Wildman–Crippen MR) is 71.3 cm³/mol. The lowest BCUT2D eigenvalue weighted by molar-refractivity contribution is 0.0745. The van der Waals surface area contributed by atoms with Gasteiger partial charge in [-0.25, -0.2) is 4.79 Å². The fourth-order valence-corrected chi connectivity index (χ4v) is 1.32. The minimum absolute atomic E-state index is 0.206. The molecule has 1 atom stereocenters. The molecule has 0 aliphatic heterocycles. The van der Waals surface area contributed by atoms with E-state index in [1.807, 2.05) is 6.92 Å². The summed E-state index contributed by atoms with van der Waals surface area (Å²) >= 11 is 0. The van der Waals surface area contributed by atoms with Crippen molar-refractivity contribution >= 4 is 6.09 Å². The highest BCUT2D eigenvalue weighted by Crippen LogP contribution is 2.27. The first-order valence-corrected chi connectivity index (χ1v) is 5.83. The summed E-state index contributed by atoms with van der Waals surface area (Å²) in [5, 5.41) is 2.37. The zero-order chi connectivity index (χ0) is 14.1. The number of carbonyl (C=O) groups is 1. The van der Waals surface area contributed by atoms with Crippen molar-refractivity contribution in [3.05, 3.63) is 24.3 Å². The third-order valence-electron chi connectivity index (χ3n) is 2.12. The van der Waals surface area contributed by atoms with Gasteiger partial charge < -0.3 is 19.5 Å². The highest BCUT2D eigenvalue weighted by molar-refractivity contribution is 5.70. The van der Waals surface area contributed by atoms with E-state index in [1.165, 1.54) is 7.05 Å². The van der Waals surface area contributed by atoms with E-state index in [4.69, 9.17) is 20.6 Å². The quantitative estimate of drug-likeness (QED) is 0.628. The summed E-state index contributed by atoms with van der Waals surface area (Å²) in [6, 6.07) is 6.92. The summed E-state index contributed by atoms with van der Waals surface area (Å²) in [6.45, 7) is 2.44. The lowest BCUT2D eigenvalue weighted by Crippen LogP contribution is -2.23. The van der Waals surface area contributed by atoms with Gasteiger partial charge in [-0.2, -0.15) is 0 Å². The number of ether oxygens (including phenoxy) is 3. The van der Waals surface area contributed by atoms with Crippen LogP contribution in [-0.2, 0) is 4.74 Å². The van der Waals surface area contributed by atoms with Crippen LogP contribution in [0.5, 0.6) is 11.5 Å². The highest BCUT2D eigenvalue weighted by Gasteiger charge is 2.11. The molecule has 0 spiro atoms. The molecule has 0 aromatic heterocycles. The van der Waals surface area contributed by atoms with Crippen LogP contribution in [0.15, 0.2) is 24.3 Å². The summed E-state index contributed by atoms with van der Waals surface area (Å²) in [5.41, 5.74) is 0. The lowest BCUT2D eigenvalue weighted by Gasteiger charge is -2.16. The van der Waals surface area contributed by atoms with Crippen LogP contribution in [-0.4, -0.2) is 32.5 Å². The van der Waals surface area contributed by atoms with Gasteiger partial charge in [0.15, 0.2) is 11.5 Å². The number of hydrogen-bond acceptors (Lipinski definition) is 4. The molecule has 1 N–H and O–H groups in total. The molecule has 1 amide bonds. The van der Waals surface area contributed by atoms with Crippen LogP contribution < -0.4 is 14.8 Å². The maximum atomic E-state index is 11.2. The number of terminal acetylenes is 1. The first-order chi connectivity index (χ1) is 9.17. The Morgan fingerprint density at radius 2 is 2.11 bits per heavy atom. The van der Waals surface area contributed by atoms with Gasteiger partial charge in [-0.3, -0.25) is 0 Å². The van der Waals surface area contributed by atoms with Gasteiger partial charge in [-0.05, 0) is 19.1 Å². The van der Waals surface area contributed by atoms with E-state index in [9.17, 15) is 4.79 Å². The third-order valence-corrected chi connectivity index (χ3v) is 2.12. The Kier molecular flexibility index (Phi) is 6.27. The van der Waals surface area contributed by atoms with Crippen LogP contribution in [0.25, 0.3) is 0 Å². The van der Waals surface area contributed by atoms with E-state index in [-0.39, 0.29) is 12.7 Å². The molecule has 1 unspecified atom stereocenters. The Labute approximate surface area is 112 Å². The number of nitrogens with one attached hydrogen (secondary N) is 1. The summed E-state index contributed by atoms with van der Waals surface area (Å²) < 4.78 is 15.9. The monoisotopic (exact) mass is 263 g/mol. The number of carbonyl (C=O) groups excluding carboxylic acids is 1. The molecule has 0 aliphatic carbocycles. The van der Waals surface area contributed by atoms with Gasteiger partial charge in [0.1, 0.15) is 12.7 Å². The minimum Gasteiger partial charge on any atom is -0.484 e. The van der Waals surface area contributed by atoms with E-state index in [0.717, 1.165) is 0 Å². The van der Waals surface area contributed by atoms with Gasteiger partial charge in [0.25, 0.3) is 0 Å². The van der Waals surface area contributed by atoms with Crippen molar-refractivity contribution in [3.8, 4) is 23.8 Å². The van der Waals surface area contributed by atoms with Crippen LogP contribution in [0, 0.1) is 12.3 Å². The molecular weight excluding hydrogens is 246 g/mol. The van der Waals surface area contributed by atoms with Crippen molar-refractivity contribution in [1.29, 1.82) is 0 Å². The molecule has 0 bridgehead atoms. The van der Waals surface area contributed by atoms with Crippen molar-refractivity contribution in [2.24, 2.45) is 0 Å². The number of rotatable bonds is 6. The van der Waals surface area contributed by atoms with Crippen molar-refractivity contribution in [1.82, 2.24) is 5.32 Å². The minimum atomic E-state index is -0.549. The Morgan fingerprint density at radius 3 is 2.74 bits per heavy atom. The molecule has 102 valence electrons. The first kappa shape index (κ1) is 14.9. The van der Waals surface area contributed by atoms with E-state index in [0.29, 0.717) is 18.1 Å². The summed E-state index contributed by atoms with van der Waals surface area (Å²) in [6.07, 6.45) is 4.33. The van der Waals surface area contributed by atoms with Crippen molar-refractivity contribution < 1.29 is 19.0 Å². The molecule has 0 saturated heterocycles. The van der Waals surface area contributed by atoms with Crippen LogP contribution >= 0.6 is 0 Å². The standard InChI is InChI=1S/C14H17NO4/c1-4-9-17-10-11(2)18-12-7-5-6-8-13(12)19-14(16)15-3/h1,5-8,11H,9-10H2,2-3H3,(H,15,16). The van der Waals surface area contributed by atoms with Gasteiger partial charge in [0.2, 0.25) is 0 Å². The molecule has 0 radical (unpaired) electrons. The zero-order valence-corrected chi connectivity index (χ0v) is 11.0. The smallest absolute Gasteiger partial charge is 0.412 e. The third kappa shape index (κ3) is 5.32. The number of benzene rings is 1. The van der Waals surface area contributed by atoms with Crippen LogP contribution in [0.4, 0.5) is 4.79 Å². The summed E-state index contributed by atoms with van der Waals surface area (Å²) in [5.74, 6) is 3.20. The van der Waals surface area contributed by atoms with Gasteiger partial charge in [0, 0.05) is 7.05 Å². The summed E-state index contributed by atoms with van der Waals surface area (Å²) in [7, 11) is 1.49. The normalized spacial score (nSPS) is 11.2. The van der Waals surface area contributed by atoms with Gasteiger partial charge in [0.05, 0.1) is 6.61 Å². The molecule has 0 aliphatic rings. The molecule has 1 aromatic rings. The Hall–Kier alpha value is -2.19. The summed E-state index contributed by atoms with van der Waals surface area (Å²) in [4.78, 5) is 11.2. The molecule has 5 heteroatoms. The topological polar surface area (TPSA) is 56.8 Å². The average Bonchev–Trinajstić information content (AvgIpc) is 2.41. The average molecular weight is 263 g/mol. The van der Waals surface area contributed by atoms with Crippen molar-refractivity contribution in [2.75, 3.05) is 20.3 Å². The molecule has 1 aromatic carbocycles. The largest absolute Gasteiger partial charge is 0.484 e. The second-order valence-electron chi connectivity index (χ2n) is 3.73. The fourth-order valence-electron chi connectivity index (χ4n) is 1.32. The lowest BCUT2D eigenvalue weighted by atomic mass is 10.3. The van der Waals surface area contributed by atoms with E-state index in [2.05, 4.69) is 11.2 Å². The van der Waals surface area contributed by atoms with E-state index < -0.39 is 6.09 Å². The molecular formula is C14H17NO4. The predicted octanol–water partition coefficient (Wildman–Crippen LogP) is 1.82. The zero-order valence-electron chi connectivity index (χ0n) is 11.0. The first-order valence-electron chi connectivity index (χ1n) is 5.83. The van der Waals surface area contributed by atoms with E-state index in [1.54, 1.807) is 24.3 Å². The van der Waals surface area contributed by atoms with Crippen molar-refractivity contribution in [3.63, 3.8) is 0 Å². The van der Waals surface area contributed by atoms with Crippen LogP contribution in [0.3, 0.4) is 0 Å². The Balaban J connectivity index is 2.62. The maximum Gasteiger partial charge on any atom is 0.412 e. The number of hydrogen-bond donors (Lipinski definition) is 1.